The molecule has 3 rings (SSSR count). The molecule has 1 aromatic heterocycles. The topological polar surface area (TPSA) is 82.8 Å². The van der Waals surface area contributed by atoms with Gasteiger partial charge >= 0.3 is 5.97 Å². The number of halogens is 2. The SMILES string of the molecule is CC(C)OC(=O)COc1ccc(C=Nn2c(C(C)C)nc3ccc(Br)cc3c2=O)cc1I. The summed E-state index contributed by atoms with van der Waals surface area (Å²) in [6, 6.07) is 10.9. The maximum atomic E-state index is 13.1. The Labute approximate surface area is 208 Å². The van der Waals surface area contributed by atoms with Crippen LogP contribution >= 0.6 is 38.5 Å². The molecule has 1 heterocycles. The molecule has 0 bridgehead atoms. The molecular formula is C23H23BrIN3O4. The molecule has 9 heteroatoms. The van der Waals surface area contributed by atoms with Gasteiger partial charge in [-0.15, -0.1) is 0 Å². The first-order valence-electron chi connectivity index (χ1n) is 10.0. The number of aromatic nitrogens is 2. The highest BCUT2D eigenvalue weighted by Crippen LogP contribution is 2.22. The van der Waals surface area contributed by atoms with Crippen LogP contribution in [0, 0.1) is 3.57 Å². The Morgan fingerprint density at radius 3 is 2.62 bits per heavy atom. The first-order valence-corrected chi connectivity index (χ1v) is 11.9. The highest BCUT2D eigenvalue weighted by atomic mass is 127. The zero-order valence-corrected chi connectivity index (χ0v) is 21.9. The van der Waals surface area contributed by atoms with E-state index in [1.165, 1.54) is 4.68 Å². The summed E-state index contributed by atoms with van der Waals surface area (Å²) < 4.78 is 13.6. The molecule has 3 aromatic rings. The number of nitrogens with zero attached hydrogens (tertiary/aromatic N) is 3. The molecule has 0 aliphatic carbocycles. The fourth-order valence-electron chi connectivity index (χ4n) is 2.92. The van der Waals surface area contributed by atoms with Crippen LogP contribution in [0.15, 0.2) is 50.8 Å². The van der Waals surface area contributed by atoms with Gasteiger partial charge in [0.25, 0.3) is 5.56 Å². The number of esters is 1. The largest absolute Gasteiger partial charge is 0.481 e. The third-order valence-corrected chi connectivity index (χ3v) is 5.68. The van der Waals surface area contributed by atoms with E-state index in [-0.39, 0.29) is 24.2 Å². The highest BCUT2D eigenvalue weighted by molar-refractivity contribution is 14.1. The summed E-state index contributed by atoms with van der Waals surface area (Å²) in [5.74, 6) is 0.743. The Balaban J connectivity index is 1.88. The Morgan fingerprint density at radius 2 is 1.97 bits per heavy atom. The third kappa shape index (κ3) is 5.94. The number of carbonyl (C=O) groups is 1. The molecule has 7 nitrogen and oxygen atoms in total. The smallest absolute Gasteiger partial charge is 0.344 e. The van der Waals surface area contributed by atoms with Crippen molar-refractivity contribution in [3.05, 3.63) is 66.2 Å². The van der Waals surface area contributed by atoms with Crippen LogP contribution in [-0.4, -0.2) is 34.6 Å². The van der Waals surface area contributed by atoms with Crippen LogP contribution in [0.1, 0.15) is 45.0 Å². The quantitative estimate of drug-likeness (QED) is 0.211. The van der Waals surface area contributed by atoms with E-state index in [0.29, 0.717) is 22.5 Å². The van der Waals surface area contributed by atoms with Crippen molar-refractivity contribution in [1.29, 1.82) is 0 Å². The van der Waals surface area contributed by atoms with Crippen LogP contribution in [0.2, 0.25) is 0 Å². The molecule has 168 valence electrons. The van der Waals surface area contributed by atoms with E-state index in [1.54, 1.807) is 38.3 Å². The van der Waals surface area contributed by atoms with Gasteiger partial charge in [0.1, 0.15) is 11.6 Å². The zero-order chi connectivity index (χ0) is 23.4. The summed E-state index contributed by atoms with van der Waals surface area (Å²) in [5.41, 5.74) is 1.19. The molecule has 0 radical (unpaired) electrons. The van der Waals surface area contributed by atoms with E-state index in [4.69, 9.17) is 9.47 Å². The summed E-state index contributed by atoms with van der Waals surface area (Å²) in [6.07, 6.45) is 1.42. The summed E-state index contributed by atoms with van der Waals surface area (Å²) >= 11 is 5.53. The van der Waals surface area contributed by atoms with Gasteiger partial charge < -0.3 is 9.47 Å². The molecule has 0 aliphatic rings. The zero-order valence-electron chi connectivity index (χ0n) is 18.1. The first kappa shape index (κ1) is 24.4. The van der Waals surface area contributed by atoms with Gasteiger partial charge in [-0.05, 0) is 78.4 Å². The molecule has 0 spiro atoms. The first-order chi connectivity index (χ1) is 15.2. The lowest BCUT2D eigenvalue weighted by atomic mass is 10.2. The summed E-state index contributed by atoms with van der Waals surface area (Å²) in [5, 5.41) is 4.93. The Kier molecular flexibility index (Phi) is 8.05. The van der Waals surface area contributed by atoms with E-state index in [2.05, 4.69) is 48.6 Å². The predicted octanol–water partition coefficient (Wildman–Crippen LogP) is 5.10. The van der Waals surface area contributed by atoms with Gasteiger partial charge in [0.15, 0.2) is 6.61 Å². The molecule has 0 saturated carbocycles. The number of ether oxygens (including phenoxy) is 2. The van der Waals surface area contributed by atoms with Crippen LogP contribution in [0.25, 0.3) is 10.9 Å². The van der Waals surface area contributed by atoms with Gasteiger partial charge in [0.2, 0.25) is 0 Å². The van der Waals surface area contributed by atoms with Gasteiger partial charge in [-0.1, -0.05) is 29.8 Å². The maximum Gasteiger partial charge on any atom is 0.344 e. The van der Waals surface area contributed by atoms with Crippen molar-refractivity contribution in [2.75, 3.05) is 6.61 Å². The lowest BCUT2D eigenvalue weighted by Gasteiger charge is -2.12. The lowest BCUT2D eigenvalue weighted by molar-refractivity contribution is -0.149. The number of benzene rings is 2. The van der Waals surface area contributed by atoms with Gasteiger partial charge in [-0.25, -0.2) is 9.78 Å². The predicted molar refractivity (Wildman–Crippen MR) is 137 cm³/mol. The van der Waals surface area contributed by atoms with Gasteiger partial charge in [0.05, 0.1) is 26.8 Å². The van der Waals surface area contributed by atoms with Crippen LogP contribution in [0.4, 0.5) is 0 Å². The third-order valence-electron chi connectivity index (χ3n) is 4.34. The molecular weight excluding hydrogens is 589 g/mol. The van der Waals surface area contributed by atoms with E-state index in [0.717, 1.165) is 13.6 Å². The molecule has 0 saturated heterocycles. The number of carbonyl (C=O) groups excluding carboxylic acids is 1. The molecule has 0 N–H and O–H groups in total. The van der Waals surface area contributed by atoms with Crippen molar-refractivity contribution in [2.45, 2.75) is 39.7 Å². The Hall–Kier alpha value is -2.27. The fourth-order valence-corrected chi connectivity index (χ4v) is 3.98. The van der Waals surface area contributed by atoms with E-state index < -0.39 is 5.97 Å². The average Bonchev–Trinajstić information content (AvgIpc) is 2.72. The van der Waals surface area contributed by atoms with Crippen LogP contribution in [0.3, 0.4) is 0 Å². The van der Waals surface area contributed by atoms with Gasteiger partial charge in [0, 0.05) is 10.4 Å². The van der Waals surface area contributed by atoms with E-state index in [1.807, 2.05) is 32.0 Å². The Bertz CT molecular complexity index is 1240. The van der Waals surface area contributed by atoms with Gasteiger partial charge in [-0.3, -0.25) is 4.79 Å². The maximum absolute atomic E-state index is 13.1. The van der Waals surface area contributed by atoms with Crippen molar-refractivity contribution in [3.8, 4) is 5.75 Å². The standard InChI is InChI=1S/C23H23BrIN3O4/c1-13(2)22-27-19-7-6-16(24)10-17(19)23(30)28(22)26-11-15-5-8-20(18(25)9-15)31-12-21(29)32-14(3)4/h5-11,13-14H,12H2,1-4H3. The summed E-state index contributed by atoms with van der Waals surface area (Å²) in [4.78, 5) is 29.4. The second-order valence-electron chi connectivity index (χ2n) is 7.66. The monoisotopic (exact) mass is 611 g/mol. The molecule has 0 aliphatic heterocycles. The van der Waals surface area contributed by atoms with Crippen molar-refractivity contribution in [1.82, 2.24) is 9.66 Å². The summed E-state index contributed by atoms with van der Waals surface area (Å²) in [7, 11) is 0. The molecule has 32 heavy (non-hydrogen) atoms. The van der Waals surface area contributed by atoms with Crippen LogP contribution in [0.5, 0.6) is 5.75 Å². The molecule has 0 fully saturated rings. The van der Waals surface area contributed by atoms with Crippen molar-refractivity contribution >= 4 is 61.6 Å². The normalized spacial score (nSPS) is 11.6. The second-order valence-corrected chi connectivity index (χ2v) is 9.74. The van der Waals surface area contributed by atoms with E-state index in [9.17, 15) is 9.59 Å². The number of rotatable bonds is 7. The average molecular weight is 612 g/mol. The summed E-state index contributed by atoms with van der Waals surface area (Å²) in [6.45, 7) is 7.36. The number of hydrogen-bond acceptors (Lipinski definition) is 6. The lowest BCUT2D eigenvalue weighted by Crippen LogP contribution is -2.23. The second kappa shape index (κ2) is 10.6. The number of hydrogen-bond donors (Lipinski definition) is 0. The minimum atomic E-state index is -0.419. The van der Waals surface area contributed by atoms with Crippen LogP contribution in [-0.2, 0) is 9.53 Å². The molecule has 0 amide bonds. The van der Waals surface area contributed by atoms with Crippen molar-refractivity contribution < 1.29 is 14.3 Å². The van der Waals surface area contributed by atoms with Crippen LogP contribution < -0.4 is 10.3 Å². The minimum Gasteiger partial charge on any atom is -0.481 e. The molecule has 0 unspecified atom stereocenters. The number of fused-ring (bicyclic) bond motifs is 1. The highest BCUT2D eigenvalue weighted by Gasteiger charge is 2.14. The minimum absolute atomic E-state index is 0.00871. The van der Waals surface area contributed by atoms with Gasteiger partial charge in [-0.2, -0.15) is 9.78 Å². The van der Waals surface area contributed by atoms with Crippen molar-refractivity contribution in [2.24, 2.45) is 5.10 Å². The fraction of sp³-hybridized carbons (Fsp3) is 0.304. The van der Waals surface area contributed by atoms with Crippen molar-refractivity contribution in [3.63, 3.8) is 0 Å². The molecule has 0 atom stereocenters. The van der Waals surface area contributed by atoms with E-state index >= 15 is 0 Å². The Morgan fingerprint density at radius 1 is 1.22 bits per heavy atom. The molecule has 2 aromatic carbocycles.